The summed E-state index contributed by atoms with van der Waals surface area (Å²) in [5, 5.41) is 22.2. The van der Waals surface area contributed by atoms with E-state index in [-0.39, 0.29) is 19.5 Å². The van der Waals surface area contributed by atoms with Crippen molar-refractivity contribution in [1.82, 2.24) is 15.4 Å². The van der Waals surface area contributed by atoms with Gasteiger partial charge in [0.1, 0.15) is 0 Å². The lowest BCUT2D eigenvalue weighted by Gasteiger charge is -2.25. The Balaban J connectivity index is 4.02. The van der Waals surface area contributed by atoms with Gasteiger partial charge in [0.05, 0.1) is 6.26 Å². The summed E-state index contributed by atoms with van der Waals surface area (Å²) in [6.45, 7) is 3.23. The van der Waals surface area contributed by atoms with Crippen LogP contribution in [-0.4, -0.2) is 61.6 Å². The van der Waals surface area contributed by atoms with Crippen molar-refractivity contribution in [3.63, 3.8) is 0 Å². The maximum atomic E-state index is 11.4. The van der Waals surface area contributed by atoms with Gasteiger partial charge in [-0.3, -0.25) is 0 Å². The van der Waals surface area contributed by atoms with Gasteiger partial charge < -0.3 is 20.8 Å². The number of carbonyl (C=O) groups excluding carboxylic acids is 1. The lowest BCUT2D eigenvalue weighted by molar-refractivity contribution is -0.146. The first kappa shape index (κ1) is 18.6. The van der Waals surface area contributed by atoms with E-state index in [4.69, 9.17) is 10.2 Å². The third-order valence-corrected chi connectivity index (χ3v) is 3.06. The summed E-state index contributed by atoms with van der Waals surface area (Å²) in [4.78, 5) is 21.7. The first-order chi connectivity index (χ1) is 8.93. The molecule has 9 nitrogen and oxygen atoms in total. The maximum absolute atomic E-state index is 11.4. The highest BCUT2D eigenvalue weighted by molar-refractivity contribution is 7.88. The van der Waals surface area contributed by atoms with E-state index in [2.05, 4.69) is 15.4 Å². The van der Waals surface area contributed by atoms with Crippen LogP contribution in [0.5, 0.6) is 0 Å². The van der Waals surface area contributed by atoms with Crippen molar-refractivity contribution in [2.45, 2.75) is 31.9 Å². The second kappa shape index (κ2) is 7.41. The standard InChI is InChI=1S/C10H21N3O6S/c1-10(2,13-20(3,18)19)6-12-9(17)11-5-4-7(14)8(15)16/h7,13-14H,4-6H2,1-3H3,(H,15,16)(H2,11,12,17)/t7-/m0/s1. The predicted molar refractivity (Wildman–Crippen MR) is 71.7 cm³/mol. The largest absolute Gasteiger partial charge is 0.479 e. The van der Waals surface area contributed by atoms with Gasteiger partial charge in [-0.2, -0.15) is 0 Å². The Kier molecular flexibility index (Phi) is 6.89. The Morgan fingerprint density at radius 1 is 1.25 bits per heavy atom. The first-order valence-electron chi connectivity index (χ1n) is 5.84. The Labute approximate surface area is 117 Å². The summed E-state index contributed by atoms with van der Waals surface area (Å²) >= 11 is 0. The molecule has 1 atom stereocenters. The zero-order valence-electron chi connectivity index (χ0n) is 11.6. The van der Waals surface area contributed by atoms with Crippen molar-refractivity contribution in [2.24, 2.45) is 0 Å². The lowest BCUT2D eigenvalue weighted by Crippen LogP contribution is -2.52. The van der Waals surface area contributed by atoms with Gasteiger partial charge in [0.2, 0.25) is 10.0 Å². The van der Waals surface area contributed by atoms with Gasteiger partial charge in [0.25, 0.3) is 0 Å². The second-order valence-electron chi connectivity index (χ2n) is 5.01. The van der Waals surface area contributed by atoms with Crippen LogP contribution in [0.15, 0.2) is 0 Å². The molecule has 0 aliphatic rings. The fourth-order valence-corrected chi connectivity index (χ4v) is 2.42. The number of sulfonamides is 1. The van der Waals surface area contributed by atoms with Crippen LogP contribution in [0.2, 0.25) is 0 Å². The number of carbonyl (C=O) groups is 2. The molecule has 0 aromatic heterocycles. The first-order valence-corrected chi connectivity index (χ1v) is 7.73. The van der Waals surface area contributed by atoms with E-state index in [0.29, 0.717) is 0 Å². The molecule has 0 aliphatic carbocycles. The van der Waals surface area contributed by atoms with Crippen LogP contribution >= 0.6 is 0 Å². The summed E-state index contributed by atoms with van der Waals surface area (Å²) in [5.41, 5.74) is -0.856. The Hall–Kier alpha value is -1.39. The van der Waals surface area contributed by atoms with E-state index < -0.39 is 33.7 Å². The smallest absolute Gasteiger partial charge is 0.332 e. The van der Waals surface area contributed by atoms with E-state index in [1.54, 1.807) is 13.8 Å². The molecule has 20 heavy (non-hydrogen) atoms. The average molecular weight is 311 g/mol. The zero-order valence-corrected chi connectivity index (χ0v) is 12.5. The van der Waals surface area contributed by atoms with Gasteiger partial charge in [0, 0.05) is 25.0 Å². The fourth-order valence-electron chi connectivity index (χ4n) is 1.35. The summed E-state index contributed by atoms with van der Waals surface area (Å²) in [6, 6.07) is -0.578. The number of aliphatic carboxylic acids is 1. The minimum absolute atomic E-state index is 0.0146. The van der Waals surface area contributed by atoms with Crippen LogP contribution in [0, 0.1) is 0 Å². The normalized spacial score (nSPS) is 13.6. The van der Waals surface area contributed by atoms with Gasteiger partial charge >= 0.3 is 12.0 Å². The number of hydrogen-bond donors (Lipinski definition) is 5. The predicted octanol–water partition coefficient (Wildman–Crippen LogP) is -1.55. The molecule has 0 rings (SSSR count). The van der Waals surface area contributed by atoms with Gasteiger partial charge in [-0.25, -0.2) is 22.7 Å². The van der Waals surface area contributed by atoms with Crippen molar-refractivity contribution in [3.05, 3.63) is 0 Å². The van der Waals surface area contributed by atoms with Gasteiger partial charge in [0.15, 0.2) is 6.10 Å². The minimum atomic E-state index is -3.39. The van der Waals surface area contributed by atoms with E-state index in [1.165, 1.54) is 0 Å². The monoisotopic (exact) mass is 311 g/mol. The minimum Gasteiger partial charge on any atom is -0.479 e. The molecule has 0 aliphatic heterocycles. The zero-order chi connectivity index (χ0) is 16.0. The molecular formula is C10H21N3O6S. The highest BCUT2D eigenvalue weighted by atomic mass is 32.2. The number of aliphatic hydroxyl groups excluding tert-OH is 1. The Morgan fingerprint density at radius 3 is 2.25 bits per heavy atom. The van der Waals surface area contributed by atoms with E-state index in [1.807, 2.05) is 0 Å². The summed E-state index contributed by atoms with van der Waals surface area (Å²) in [6.07, 6.45) is -0.630. The fraction of sp³-hybridized carbons (Fsp3) is 0.800. The highest BCUT2D eigenvalue weighted by Crippen LogP contribution is 2.01. The lowest BCUT2D eigenvalue weighted by atomic mass is 10.1. The number of urea groups is 1. The molecule has 2 amide bonds. The van der Waals surface area contributed by atoms with Crippen molar-refractivity contribution < 1.29 is 28.2 Å². The molecule has 0 saturated heterocycles. The summed E-state index contributed by atoms with van der Waals surface area (Å²) in [5.74, 6) is -1.36. The van der Waals surface area contributed by atoms with E-state index in [9.17, 15) is 18.0 Å². The molecule has 118 valence electrons. The Bertz CT molecular complexity index is 448. The number of amides is 2. The van der Waals surface area contributed by atoms with Crippen LogP contribution in [0.4, 0.5) is 4.79 Å². The number of rotatable bonds is 8. The number of aliphatic hydroxyl groups is 1. The molecule has 5 N–H and O–H groups in total. The molecule has 10 heteroatoms. The molecule has 0 fully saturated rings. The van der Waals surface area contributed by atoms with Crippen LogP contribution in [0.1, 0.15) is 20.3 Å². The topological polar surface area (TPSA) is 145 Å². The molecule has 0 bridgehead atoms. The third kappa shape index (κ3) is 9.53. The number of carboxylic acids is 1. The molecule has 0 unspecified atom stereocenters. The summed E-state index contributed by atoms with van der Waals surface area (Å²) in [7, 11) is -3.39. The van der Waals surface area contributed by atoms with Crippen LogP contribution in [0.25, 0.3) is 0 Å². The molecule has 0 aromatic rings. The quantitative estimate of drug-likeness (QED) is 0.367. The third-order valence-electron chi connectivity index (χ3n) is 2.14. The molecule has 0 aromatic carbocycles. The average Bonchev–Trinajstić information content (AvgIpc) is 2.23. The van der Waals surface area contributed by atoms with Crippen molar-refractivity contribution in [2.75, 3.05) is 19.3 Å². The van der Waals surface area contributed by atoms with Crippen LogP contribution < -0.4 is 15.4 Å². The molecule has 0 spiro atoms. The van der Waals surface area contributed by atoms with Gasteiger partial charge in [-0.15, -0.1) is 0 Å². The number of carboxylic acid groups (broad SMARTS) is 1. The molecule has 0 radical (unpaired) electrons. The summed E-state index contributed by atoms with van der Waals surface area (Å²) < 4.78 is 24.5. The molecule has 0 saturated carbocycles. The maximum Gasteiger partial charge on any atom is 0.332 e. The van der Waals surface area contributed by atoms with Gasteiger partial charge in [-0.05, 0) is 13.8 Å². The van der Waals surface area contributed by atoms with Crippen molar-refractivity contribution >= 4 is 22.0 Å². The number of nitrogens with one attached hydrogen (secondary N) is 3. The second-order valence-corrected chi connectivity index (χ2v) is 6.76. The van der Waals surface area contributed by atoms with E-state index >= 15 is 0 Å². The highest BCUT2D eigenvalue weighted by Gasteiger charge is 2.22. The molecular weight excluding hydrogens is 290 g/mol. The van der Waals surface area contributed by atoms with Crippen molar-refractivity contribution in [1.29, 1.82) is 0 Å². The van der Waals surface area contributed by atoms with E-state index in [0.717, 1.165) is 6.26 Å². The van der Waals surface area contributed by atoms with Gasteiger partial charge in [-0.1, -0.05) is 0 Å². The van der Waals surface area contributed by atoms with Crippen molar-refractivity contribution in [3.8, 4) is 0 Å². The van der Waals surface area contributed by atoms with Crippen LogP contribution in [0.3, 0.4) is 0 Å². The SMILES string of the molecule is CC(C)(CNC(=O)NCC[C@H](O)C(=O)O)NS(C)(=O)=O. The van der Waals surface area contributed by atoms with Crippen LogP contribution in [-0.2, 0) is 14.8 Å². The molecule has 0 heterocycles. The Morgan fingerprint density at radius 2 is 1.80 bits per heavy atom. The number of hydrogen-bond acceptors (Lipinski definition) is 5.